The van der Waals surface area contributed by atoms with Crippen LogP contribution in [0.25, 0.3) is 10.8 Å². The zero-order valence-corrected chi connectivity index (χ0v) is 19.4. The highest BCUT2D eigenvalue weighted by molar-refractivity contribution is 6.32. The van der Waals surface area contributed by atoms with Crippen LogP contribution < -0.4 is 16.2 Å². The number of hydrazine groups is 1. The van der Waals surface area contributed by atoms with Crippen molar-refractivity contribution in [3.63, 3.8) is 0 Å². The monoisotopic (exact) mass is 471 g/mol. The van der Waals surface area contributed by atoms with Crippen LogP contribution in [0.15, 0.2) is 78.9 Å². The number of nitrogens with one attached hydrogen (secondary N) is 3. The normalized spacial score (nSPS) is 14.8. The highest BCUT2D eigenvalue weighted by atomic mass is 35.5. The van der Waals surface area contributed by atoms with E-state index in [0.29, 0.717) is 18.2 Å². The van der Waals surface area contributed by atoms with Gasteiger partial charge >= 0.3 is 0 Å². The van der Waals surface area contributed by atoms with Crippen LogP contribution in [0.5, 0.6) is 5.75 Å². The first-order valence-corrected chi connectivity index (χ1v) is 11.8. The SMILES string of the molecule is O=C(NNCc1ccc(CNC2CCc3ccccc32)c2ccccc12)c1ccc(O)c(Cl)c1. The Labute approximate surface area is 203 Å². The average Bonchev–Trinajstić information content (AvgIpc) is 3.28. The lowest BCUT2D eigenvalue weighted by Gasteiger charge is -2.17. The number of fused-ring (bicyclic) bond motifs is 2. The molecule has 0 aromatic heterocycles. The van der Waals surface area contributed by atoms with Crippen molar-refractivity contribution < 1.29 is 9.90 Å². The minimum Gasteiger partial charge on any atom is -0.506 e. The summed E-state index contributed by atoms with van der Waals surface area (Å²) in [6, 6.07) is 26.1. The van der Waals surface area contributed by atoms with Crippen LogP contribution in [0.2, 0.25) is 5.02 Å². The molecule has 1 atom stereocenters. The van der Waals surface area contributed by atoms with Gasteiger partial charge in [-0.3, -0.25) is 10.2 Å². The number of aryl methyl sites for hydroxylation is 1. The van der Waals surface area contributed by atoms with Crippen molar-refractivity contribution in [2.75, 3.05) is 0 Å². The number of hydrogen-bond donors (Lipinski definition) is 4. The van der Waals surface area contributed by atoms with Crippen LogP contribution in [0, 0.1) is 0 Å². The fourth-order valence-electron chi connectivity index (χ4n) is 4.67. The first-order valence-electron chi connectivity index (χ1n) is 11.4. The van der Waals surface area contributed by atoms with E-state index in [0.717, 1.165) is 30.3 Å². The van der Waals surface area contributed by atoms with Crippen LogP contribution in [-0.4, -0.2) is 11.0 Å². The summed E-state index contributed by atoms with van der Waals surface area (Å²) in [6.45, 7) is 1.27. The topological polar surface area (TPSA) is 73.4 Å². The molecule has 4 N–H and O–H groups in total. The van der Waals surface area contributed by atoms with Crippen molar-refractivity contribution in [3.05, 3.63) is 112 Å². The third-order valence-electron chi connectivity index (χ3n) is 6.47. The Kier molecular flexibility index (Phi) is 6.50. The van der Waals surface area contributed by atoms with Crippen LogP contribution in [0.3, 0.4) is 0 Å². The maximum absolute atomic E-state index is 12.4. The third-order valence-corrected chi connectivity index (χ3v) is 6.77. The first-order chi connectivity index (χ1) is 16.6. The van der Waals surface area contributed by atoms with E-state index < -0.39 is 0 Å². The Morgan fingerprint density at radius 1 is 0.912 bits per heavy atom. The van der Waals surface area contributed by atoms with Crippen LogP contribution in [0.1, 0.15) is 45.1 Å². The fraction of sp³-hybridized carbons (Fsp3) is 0.179. The Morgan fingerprint density at radius 3 is 2.38 bits per heavy atom. The lowest BCUT2D eigenvalue weighted by Crippen LogP contribution is -2.36. The molecule has 1 unspecified atom stereocenters. The molecule has 1 aliphatic rings. The Balaban J connectivity index is 1.26. The Bertz CT molecular complexity index is 1350. The van der Waals surface area contributed by atoms with Gasteiger partial charge in [-0.15, -0.1) is 0 Å². The highest BCUT2D eigenvalue weighted by Gasteiger charge is 2.21. The van der Waals surface area contributed by atoms with Gasteiger partial charge in [0, 0.05) is 24.7 Å². The molecule has 0 fully saturated rings. The Hall–Kier alpha value is -3.38. The molecule has 0 heterocycles. The lowest BCUT2D eigenvalue weighted by atomic mass is 9.99. The van der Waals surface area contributed by atoms with E-state index in [-0.39, 0.29) is 16.7 Å². The summed E-state index contributed by atoms with van der Waals surface area (Å²) in [6.07, 6.45) is 2.26. The van der Waals surface area contributed by atoms with E-state index in [4.69, 9.17) is 11.6 Å². The number of halogens is 1. The second-order valence-corrected chi connectivity index (χ2v) is 8.98. The van der Waals surface area contributed by atoms with Gasteiger partial charge < -0.3 is 10.4 Å². The number of amides is 1. The molecule has 0 radical (unpaired) electrons. The van der Waals surface area contributed by atoms with Gasteiger partial charge in [0.1, 0.15) is 5.75 Å². The molecule has 172 valence electrons. The van der Waals surface area contributed by atoms with Gasteiger partial charge in [0.25, 0.3) is 5.91 Å². The largest absolute Gasteiger partial charge is 0.506 e. The molecule has 0 spiro atoms. The fourth-order valence-corrected chi connectivity index (χ4v) is 4.86. The van der Waals surface area contributed by atoms with E-state index in [9.17, 15) is 9.90 Å². The molecule has 6 heteroatoms. The van der Waals surface area contributed by atoms with Gasteiger partial charge in [-0.1, -0.05) is 72.3 Å². The molecule has 1 amide bonds. The third kappa shape index (κ3) is 4.64. The van der Waals surface area contributed by atoms with Crippen molar-refractivity contribution in [1.29, 1.82) is 0 Å². The van der Waals surface area contributed by atoms with E-state index in [1.54, 1.807) is 0 Å². The smallest absolute Gasteiger partial charge is 0.265 e. The first kappa shape index (κ1) is 22.4. The molecule has 4 aromatic carbocycles. The summed E-state index contributed by atoms with van der Waals surface area (Å²) in [5.41, 5.74) is 11.3. The van der Waals surface area contributed by atoms with Crippen molar-refractivity contribution in [1.82, 2.24) is 16.2 Å². The zero-order chi connectivity index (χ0) is 23.5. The summed E-state index contributed by atoms with van der Waals surface area (Å²) < 4.78 is 0. The number of aromatic hydroxyl groups is 1. The maximum Gasteiger partial charge on any atom is 0.265 e. The molecule has 0 saturated heterocycles. The number of phenolic OH excluding ortho intramolecular Hbond substituents is 1. The van der Waals surface area contributed by atoms with E-state index >= 15 is 0 Å². The second kappa shape index (κ2) is 9.85. The molecule has 0 saturated carbocycles. The highest BCUT2D eigenvalue weighted by Crippen LogP contribution is 2.31. The molecule has 34 heavy (non-hydrogen) atoms. The zero-order valence-electron chi connectivity index (χ0n) is 18.6. The minimum atomic E-state index is -0.316. The summed E-state index contributed by atoms with van der Waals surface area (Å²) in [5, 5.41) is 15.8. The number of hydrogen-bond acceptors (Lipinski definition) is 4. The van der Waals surface area contributed by atoms with E-state index in [2.05, 4.69) is 70.8 Å². The molecular formula is C28H26ClN3O2. The van der Waals surface area contributed by atoms with Crippen LogP contribution in [-0.2, 0) is 19.5 Å². The molecule has 0 bridgehead atoms. The summed E-state index contributed by atoms with van der Waals surface area (Å²) >= 11 is 5.90. The quantitative estimate of drug-likeness (QED) is 0.272. The van der Waals surface area contributed by atoms with E-state index in [1.165, 1.54) is 40.3 Å². The number of rotatable bonds is 7. The van der Waals surface area contributed by atoms with Crippen molar-refractivity contribution in [3.8, 4) is 5.75 Å². The number of carbonyl (C=O) groups is 1. The standard InChI is InChI=1S/C28H26ClN3O2/c29-25-15-19(12-14-27(25)33)28(34)32-31-17-21-10-9-20(22-6-3-4-7-23(21)22)16-30-26-13-11-18-5-1-2-8-24(18)26/h1-10,12,14-15,26,30-31,33H,11,13,16-17H2,(H,32,34). The lowest BCUT2D eigenvalue weighted by molar-refractivity contribution is 0.0932. The number of benzene rings is 4. The van der Waals surface area contributed by atoms with Crippen molar-refractivity contribution >= 4 is 28.3 Å². The number of carbonyl (C=O) groups excluding carboxylic acids is 1. The summed E-state index contributed by atoms with van der Waals surface area (Å²) in [4.78, 5) is 12.4. The number of phenols is 1. The summed E-state index contributed by atoms with van der Waals surface area (Å²) in [7, 11) is 0. The molecular weight excluding hydrogens is 446 g/mol. The van der Waals surface area contributed by atoms with Crippen LogP contribution in [0.4, 0.5) is 0 Å². The molecule has 0 aliphatic heterocycles. The predicted molar refractivity (Wildman–Crippen MR) is 136 cm³/mol. The van der Waals surface area contributed by atoms with E-state index in [1.807, 2.05) is 6.07 Å². The molecule has 4 aromatic rings. The predicted octanol–water partition coefficient (Wildman–Crippen LogP) is 5.41. The average molecular weight is 472 g/mol. The van der Waals surface area contributed by atoms with Gasteiger partial charge in [-0.05, 0) is 64.1 Å². The second-order valence-electron chi connectivity index (χ2n) is 8.57. The molecule has 1 aliphatic carbocycles. The molecule has 5 rings (SSSR count). The maximum atomic E-state index is 12.4. The van der Waals surface area contributed by atoms with Gasteiger partial charge in [-0.2, -0.15) is 0 Å². The minimum absolute atomic E-state index is 0.0515. The Morgan fingerprint density at radius 2 is 1.62 bits per heavy atom. The van der Waals surface area contributed by atoms with Gasteiger partial charge in [0.2, 0.25) is 0 Å². The van der Waals surface area contributed by atoms with Gasteiger partial charge in [0.05, 0.1) is 5.02 Å². The summed E-state index contributed by atoms with van der Waals surface area (Å²) in [5.74, 6) is -0.367. The van der Waals surface area contributed by atoms with Crippen molar-refractivity contribution in [2.45, 2.75) is 32.0 Å². The molecule has 5 nitrogen and oxygen atoms in total. The van der Waals surface area contributed by atoms with Gasteiger partial charge in [0.15, 0.2) is 0 Å². The van der Waals surface area contributed by atoms with Gasteiger partial charge in [-0.25, -0.2) is 5.43 Å². The van der Waals surface area contributed by atoms with Crippen LogP contribution >= 0.6 is 11.6 Å². The van der Waals surface area contributed by atoms with Crippen molar-refractivity contribution in [2.24, 2.45) is 0 Å².